The van der Waals surface area contributed by atoms with E-state index in [4.69, 9.17) is 19.7 Å². The van der Waals surface area contributed by atoms with Crippen LogP contribution in [-0.2, 0) is 19.1 Å². The number of carboxylic acid groups (broad SMARTS) is 2. The Kier molecular flexibility index (Phi) is 38.2. The van der Waals surface area contributed by atoms with Crippen molar-refractivity contribution in [3.8, 4) is 0 Å². The van der Waals surface area contributed by atoms with Crippen molar-refractivity contribution in [1.29, 1.82) is 0 Å². The molecule has 1 rings (SSSR count). The Morgan fingerprint density at radius 2 is 0.881 bits per heavy atom. The van der Waals surface area contributed by atoms with Gasteiger partial charge in [-0.05, 0) is 116 Å². The molecule has 342 valence electrons. The zero-order valence-corrected chi connectivity index (χ0v) is 38.5. The lowest BCUT2D eigenvalue weighted by Gasteiger charge is -2.30. The highest BCUT2D eigenvalue weighted by molar-refractivity contribution is 5.66. The Morgan fingerprint density at radius 3 is 1.29 bits per heavy atom. The summed E-state index contributed by atoms with van der Waals surface area (Å²) in [5, 5.41) is 18.1. The van der Waals surface area contributed by atoms with Crippen LogP contribution in [0.25, 0.3) is 0 Å². The molecule has 1 heterocycles. The lowest BCUT2D eigenvalue weighted by Crippen LogP contribution is -2.37. The van der Waals surface area contributed by atoms with Crippen LogP contribution < -0.4 is 0 Å². The van der Waals surface area contributed by atoms with Crippen LogP contribution in [-0.4, -0.2) is 65.2 Å². The highest BCUT2D eigenvalue weighted by Crippen LogP contribution is 2.35. The molecule has 1 atom stereocenters. The zero-order chi connectivity index (χ0) is 42.8. The predicted molar refractivity (Wildman–Crippen MR) is 250 cm³/mol. The molecule has 59 heavy (non-hydrogen) atoms. The summed E-state index contributed by atoms with van der Waals surface area (Å²) in [5.74, 6) is -1.94. The van der Waals surface area contributed by atoms with E-state index in [0.29, 0.717) is 19.4 Å². The number of carbonyl (C=O) groups is 2. The van der Waals surface area contributed by atoms with Crippen LogP contribution in [0.5, 0.6) is 0 Å². The van der Waals surface area contributed by atoms with Crippen molar-refractivity contribution >= 4 is 11.9 Å². The quantitative estimate of drug-likeness (QED) is 0.0466. The standard InChI is InChI=1S/C52H93NO6/c1-3-5-7-9-11-13-15-17-19-21-23-25-27-29-31-37-43-52(44-38-32-30-28-26-24-22-20-18-16-14-12-10-8-6-4-2)58-48-49(59-52)47-53(45-39-33-35-41-50(54)55)46-40-34-36-42-51(56)57/h11-14,17-20,49H,3-10,15-16,21-48H2,1-2H3,(H,54,55)(H,56,57)/t49-,52?/m0/s1. The number of rotatable bonds is 44. The normalized spacial score (nSPS) is 17.3. The van der Waals surface area contributed by atoms with Gasteiger partial charge in [0.25, 0.3) is 0 Å². The second kappa shape index (κ2) is 41.1. The van der Waals surface area contributed by atoms with E-state index >= 15 is 0 Å². The van der Waals surface area contributed by atoms with E-state index in [0.717, 1.165) is 83.8 Å². The van der Waals surface area contributed by atoms with Gasteiger partial charge < -0.3 is 24.6 Å². The predicted octanol–water partition coefficient (Wildman–Crippen LogP) is 15.1. The summed E-state index contributed by atoms with van der Waals surface area (Å²) < 4.78 is 13.5. The number of hydrogen-bond acceptors (Lipinski definition) is 5. The zero-order valence-electron chi connectivity index (χ0n) is 38.5. The van der Waals surface area contributed by atoms with Crippen molar-refractivity contribution in [3.05, 3.63) is 48.6 Å². The summed E-state index contributed by atoms with van der Waals surface area (Å²) in [4.78, 5) is 24.5. The minimum Gasteiger partial charge on any atom is -0.481 e. The van der Waals surface area contributed by atoms with Crippen LogP contribution >= 0.6 is 0 Å². The van der Waals surface area contributed by atoms with Gasteiger partial charge in [-0.2, -0.15) is 0 Å². The smallest absolute Gasteiger partial charge is 0.303 e. The van der Waals surface area contributed by atoms with Crippen molar-refractivity contribution < 1.29 is 29.3 Å². The van der Waals surface area contributed by atoms with Crippen molar-refractivity contribution in [2.75, 3.05) is 26.2 Å². The van der Waals surface area contributed by atoms with E-state index in [9.17, 15) is 9.59 Å². The number of hydrogen-bond donors (Lipinski definition) is 2. The summed E-state index contributed by atoms with van der Waals surface area (Å²) >= 11 is 0. The van der Waals surface area contributed by atoms with Crippen LogP contribution in [0.4, 0.5) is 0 Å². The molecule has 1 saturated heterocycles. The first-order valence-electron chi connectivity index (χ1n) is 25.0. The molecule has 0 spiro atoms. The highest BCUT2D eigenvalue weighted by Gasteiger charge is 2.41. The molecule has 0 radical (unpaired) electrons. The van der Waals surface area contributed by atoms with Crippen molar-refractivity contribution in [2.24, 2.45) is 0 Å². The molecule has 0 aromatic rings. The molecular weight excluding hydrogens is 735 g/mol. The van der Waals surface area contributed by atoms with Gasteiger partial charge in [-0.1, -0.05) is 152 Å². The van der Waals surface area contributed by atoms with Gasteiger partial charge in [0.1, 0.15) is 0 Å². The second-order valence-electron chi connectivity index (χ2n) is 17.3. The van der Waals surface area contributed by atoms with Gasteiger partial charge >= 0.3 is 11.9 Å². The van der Waals surface area contributed by atoms with E-state index in [2.05, 4.69) is 67.4 Å². The van der Waals surface area contributed by atoms with Crippen LogP contribution in [0.2, 0.25) is 0 Å². The van der Waals surface area contributed by atoms with Crippen molar-refractivity contribution in [3.63, 3.8) is 0 Å². The van der Waals surface area contributed by atoms with Gasteiger partial charge in [0.05, 0.1) is 12.7 Å². The van der Waals surface area contributed by atoms with Gasteiger partial charge in [-0.3, -0.25) is 9.59 Å². The first-order chi connectivity index (χ1) is 28.9. The Bertz CT molecular complexity index is 1010. The van der Waals surface area contributed by atoms with Crippen molar-refractivity contribution in [2.45, 2.75) is 244 Å². The summed E-state index contributed by atoms with van der Waals surface area (Å²) in [6.07, 6.45) is 56.0. The topological polar surface area (TPSA) is 96.3 Å². The third kappa shape index (κ3) is 36.2. The summed E-state index contributed by atoms with van der Waals surface area (Å²) in [5.41, 5.74) is 0. The van der Waals surface area contributed by atoms with E-state index < -0.39 is 17.7 Å². The van der Waals surface area contributed by atoms with Crippen LogP contribution in [0.15, 0.2) is 48.6 Å². The number of aliphatic carboxylic acids is 2. The molecule has 0 unspecified atom stereocenters. The summed E-state index contributed by atoms with van der Waals surface area (Å²) in [6.45, 7) is 7.76. The molecule has 0 bridgehead atoms. The monoisotopic (exact) mass is 828 g/mol. The van der Waals surface area contributed by atoms with Gasteiger partial charge in [-0.25, -0.2) is 0 Å². The second-order valence-corrected chi connectivity index (χ2v) is 17.3. The van der Waals surface area contributed by atoms with E-state index in [1.807, 2.05) is 0 Å². The van der Waals surface area contributed by atoms with Gasteiger partial charge in [0.2, 0.25) is 0 Å². The highest BCUT2D eigenvalue weighted by atomic mass is 16.7. The van der Waals surface area contributed by atoms with E-state index in [1.54, 1.807) is 0 Å². The Labute approximate surface area is 363 Å². The molecule has 0 amide bonds. The summed E-state index contributed by atoms with van der Waals surface area (Å²) in [7, 11) is 0. The fourth-order valence-corrected chi connectivity index (χ4v) is 8.02. The minimum absolute atomic E-state index is 0.0299. The maximum Gasteiger partial charge on any atom is 0.303 e. The number of carboxylic acids is 2. The summed E-state index contributed by atoms with van der Waals surface area (Å²) in [6, 6.07) is 0. The lowest BCUT2D eigenvalue weighted by molar-refractivity contribution is -0.180. The number of ether oxygens (including phenoxy) is 2. The maximum absolute atomic E-state index is 11.0. The molecule has 0 aromatic heterocycles. The molecule has 1 aliphatic rings. The SMILES string of the molecule is CCCCCC=CCC=CCCCCCCCCC1(CCCCCCCCC=CCC=CCCCCC)OC[C@H](CN(CCCCCC(=O)O)CCCCCC(=O)O)O1. The van der Waals surface area contributed by atoms with Crippen LogP contribution in [0.1, 0.15) is 232 Å². The van der Waals surface area contributed by atoms with E-state index in [-0.39, 0.29) is 18.9 Å². The Hall–Kier alpha value is -2.22. The molecule has 0 aliphatic carbocycles. The largest absolute Gasteiger partial charge is 0.481 e. The first kappa shape index (κ1) is 54.8. The number of nitrogens with zero attached hydrogens (tertiary/aromatic N) is 1. The van der Waals surface area contributed by atoms with Gasteiger partial charge in [0, 0.05) is 32.2 Å². The molecule has 2 N–H and O–H groups in total. The fourth-order valence-electron chi connectivity index (χ4n) is 8.02. The fraction of sp³-hybridized carbons (Fsp3) is 0.808. The minimum atomic E-state index is -0.729. The van der Waals surface area contributed by atoms with Gasteiger partial charge in [-0.15, -0.1) is 0 Å². The Morgan fingerprint density at radius 1 is 0.508 bits per heavy atom. The first-order valence-corrected chi connectivity index (χ1v) is 25.0. The van der Waals surface area contributed by atoms with Gasteiger partial charge in [0.15, 0.2) is 5.79 Å². The van der Waals surface area contributed by atoms with Crippen LogP contribution in [0.3, 0.4) is 0 Å². The molecule has 7 heteroatoms. The molecule has 1 aliphatic heterocycles. The average molecular weight is 828 g/mol. The third-order valence-corrected chi connectivity index (χ3v) is 11.6. The van der Waals surface area contributed by atoms with E-state index in [1.165, 1.54) is 128 Å². The Balaban J connectivity index is 2.54. The third-order valence-electron chi connectivity index (χ3n) is 11.6. The van der Waals surface area contributed by atoms with Crippen LogP contribution in [0, 0.1) is 0 Å². The molecule has 0 aromatic carbocycles. The lowest BCUT2D eigenvalue weighted by atomic mass is 9.98. The maximum atomic E-state index is 11.0. The molecular formula is C52H93NO6. The molecule has 1 fully saturated rings. The number of allylic oxidation sites excluding steroid dienone is 8. The molecule has 7 nitrogen and oxygen atoms in total. The number of unbranched alkanes of at least 4 members (excludes halogenated alkanes) is 22. The average Bonchev–Trinajstić information content (AvgIpc) is 3.61. The molecule has 0 saturated carbocycles. The van der Waals surface area contributed by atoms with Crippen molar-refractivity contribution in [1.82, 2.24) is 4.90 Å².